The van der Waals surface area contributed by atoms with Gasteiger partial charge in [-0.3, -0.25) is 19.2 Å². The fourth-order valence-electron chi connectivity index (χ4n) is 17.3. The van der Waals surface area contributed by atoms with E-state index < -0.39 is 17.9 Å². The Kier molecular flexibility index (Phi) is 29.0. The third-order valence-corrected chi connectivity index (χ3v) is 24.6. The zero-order chi connectivity index (χ0) is 80.8. The molecule has 20 nitrogen and oxygen atoms in total. The highest BCUT2D eigenvalue weighted by Crippen LogP contribution is 2.56. The third kappa shape index (κ3) is 20.4. The summed E-state index contributed by atoms with van der Waals surface area (Å²) in [5.74, 6) is -2.49. The number of anilines is 3. The van der Waals surface area contributed by atoms with Gasteiger partial charge in [0.1, 0.15) is 36.5 Å². The van der Waals surface area contributed by atoms with Crippen LogP contribution in [-0.2, 0) is 82.5 Å². The summed E-state index contributed by atoms with van der Waals surface area (Å²) in [6, 6.07) is 22.1. The van der Waals surface area contributed by atoms with E-state index in [4.69, 9.17) is 23.8 Å². The van der Waals surface area contributed by atoms with Gasteiger partial charge in [0.15, 0.2) is 43.5 Å². The molecule has 3 N–H and O–H groups in total. The maximum absolute atomic E-state index is 13.3. The van der Waals surface area contributed by atoms with E-state index in [0.29, 0.717) is 42.6 Å². The second-order valence-electron chi connectivity index (χ2n) is 35.7. The number of carbonyl (C=O) groups is 5. The SMILES string of the molecule is CC1(C)CCN2CCC(C)(C)c3c(O)c(C=O)cc1c32.CC1(C)CCN2CCC(C)(C)c3c2c1cc1cc(-c2cc[n+](CCCCCC(=O)O)cc2)c(=O)oc31.CC1(C)CCN2CCC(C)(C)c3c2c1cc1cc(-c2cc[n+](CCCCCC(=O)[O-])cc2)c(=O)oc31.CCOC(=O)Cc1cc[n+](CCCCCC(=O)O)cc1.[Br-].[Br-]. The van der Waals surface area contributed by atoms with E-state index in [0.717, 1.165) is 193 Å². The molecule has 3 aromatic carbocycles. The van der Waals surface area contributed by atoms with E-state index in [2.05, 4.69) is 119 Å². The molecular weight excluding hydrogens is 1570 g/mol. The van der Waals surface area contributed by atoms with E-state index in [1.165, 1.54) is 44.9 Å². The van der Waals surface area contributed by atoms with Crippen LogP contribution in [0.25, 0.3) is 44.2 Å². The molecule has 0 spiro atoms. The number of benzene rings is 3. The number of phenols is 1. The van der Waals surface area contributed by atoms with Gasteiger partial charge >= 0.3 is 29.2 Å². The number of rotatable bonds is 24. The zero-order valence-corrected chi connectivity index (χ0v) is 72.3. The molecule has 0 aliphatic carbocycles. The molecule has 22 heteroatoms. The number of aromatic nitrogens is 3. The highest BCUT2D eigenvalue weighted by Gasteiger charge is 2.46. The number of carbonyl (C=O) groups excluding carboxylic acids is 3. The number of aromatic hydroxyl groups is 1. The van der Waals surface area contributed by atoms with Gasteiger partial charge in [0.2, 0.25) is 0 Å². The first-order valence-corrected chi connectivity index (χ1v) is 40.7. The van der Waals surface area contributed by atoms with Gasteiger partial charge in [-0.2, -0.15) is 0 Å². The number of aryl methyl sites for hydroxylation is 3. The van der Waals surface area contributed by atoms with Gasteiger partial charge < -0.3 is 87.5 Å². The van der Waals surface area contributed by atoms with Gasteiger partial charge in [0.25, 0.3) is 0 Å². The molecule has 6 aliphatic heterocycles. The minimum Gasteiger partial charge on any atom is -1.00 e. The van der Waals surface area contributed by atoms with Crippen LogP contribution in [-0.4, -0.2) is 91.4 Å². The first-order valence-electron chi connectivity index (χ1n) is 40.7. The molecule has 0 bridgehead atoms. The summed E-state index contributed by atoms with van der Waals surface area (Å²) in [4.78, 5) is 88.1. The van der Waals surface area contributed by atoms with Crippen molar-refractivity contribution in [1.82, 2.24) is 0 Å². The first-order chi connectivity index (χ1) is 53.0. The minimum absolute atomic E-state index is 0. The number of fused-ring (bicyclic) bond motifs is 4. The predicted octanol–water partition coefficient (Wildman–Crippen LogP) is 8.89. The number of hydrogen-bond acceptors (Lipinski definition) is 15. The van der Waals surface area contributed by atoms with Gasteiger partial charge in [-0.1, -0.05) is 83.1 Å². The molecule has 0 fully saturated rings. The van der Waals surface area contributed by atoms with Crippen molar-refractivity contribution in [2.45, 2.75) is 264 Å². The molecule has 8 aromatic rings. The van der Waals surface area contributed by atoms with Crippen LogP contribution in [0.3, 0.4) is 0 Å². The van der Waals surface area contributed by atoms with Gasteiger partial charge in [-0.15, -0.1) is 0 Å². The van der Waals surface area contributed by atoms with Crippen LogP contribution in [0.1, 0.15) is 255 Å². The van der Waals surface area contributed by atoms with Crippen molar-refractivity contribution in [3.8, 4) is 28.0 Å². The van der Waals surface area contributed by atoms with Crippen LogP contribution in [0.4, 0.5) is 17.1 Å². The zero-order valence-electron chi connectivity index (χ0n) is 69.2. The van der Waals surface area contributed by atoms with Gasteiger partial charge in [0.05, 0.1) is 29.7 Å². The van der Waals surface area contributed by atoms with E-state index in [1.807, 2.05) is 96.3 Å². The molecular formula is C92H118Br2N6O14. The predicted molar refractivity (Wildman–Crippen MR) is 435 cm³/mol. The summed E-state index contributed by atoms with van der Waals surface area (Å²) in [6.45, 7) is 38.1. The topological polar surface area (TPSA) is 260 Å². The summed E-state index contributed by atoms with van der Waals surface area (Å²) < 4.78 is 23.3. The first kappa shape index (κ1) is 89.2. The molecule has 0 saturated carbocycles. The van der Waals surface area contributed by atoms with E-state index >= 15 is 0 Å². The van der Waals surface area contributed by atoms with Crippen LogP contribution >= 0.6 is 0 Å². The van der Waals surface area contributed by atoms with Crippen molar-refractivity contribution in [1.29, 1.82) is 0 Å². The quantitative estimate of drug-likeness (QED) is 0.0168. The van der Waals surface area contributed by atoms with Crippen molar-refractivity contribution in [3.05, 3.63) is 169 Å². The Hall–Kier alpha value is -8.76. The lowest BCUT2D eigenvalue weighted by Gasteiger charge is -2.48. The van der Waals surface area contributed by atoms with Crippen molar-refractivity contribution >= 4 is 69.2 Å². The number of ether oxygens (including phenoxy) is 1. The fraction of sp³-hybridized carbons (Fsp3) is 0.522. The molecule has 0 atom stereocenters. The molecule has 0 amide bonds. The van der Waals surface area contributed by atoms with Crippen molar-refractivity contribution < 1.29 is 106 Å². The van der Waals surface area contributed by atoms with Crippen molar-refractivity contribution in [3.63, 3.8) is 0 Å². The van der Waals surface area contributed by atoms with E-state index in [1.54, 1.807) is 6.92 Å². The molecule has 11 heterocycles. The Labute approximate surface area is 692 Å². The van der Waals surface area contributed by atoms with Crippen molar-refractivity contribution in [2.75, 3.05) is 60.6 Å². The van der Waals surface area contributed by atoms with E-state index in [9.17, 15) is 43.8 Å². The number of nitrogens with zero attached hydrogens (tertiary/aromatic N) is 6. The molecule has 6 aliphatic rings. The Bertz CT molecular complexity index is 4710. The van der Waals surface area contributed by atoms with Crippen LogP contribution < -0.4 is 78.7 Å². The number of aliphatic carboxylic acids is 3. The largest absolute Gasteiger partial charge is 1.00 e. The molecule has 14 rings (SSSR count). The lowest BCUT2D eigenvalue weighted by molar-refractivity contribution is -0.697. The molecule has 114 heavy (non-hydrogen) atoms. The molecule has 0 saturated heterocycles. The summed E-state index contributed by atoms with van der Waals surface area (Å²) in [5, 5.41) is 40.4. The summed E-state index contributed by atoms with van der Waals surface area (Å²) in [6.07, 6.45) is 27.3. The maximum Gasteiger partial charge on any atom is 0.344 e. The van der Waals surface area contributed by atoms with E-state index in [-0.39, 0.29) is 109 Å². The van der Waals surface area contributed by atoms with Crippen LogP contribution in [0, 0.1) is 0 Å². The average Bonchev–Trinajstić information content (AvgIpc) is 0.715. The Balaban J connectivity index is 0.000000180. The van der Waals surface area contributed by atoms with Crippen LogP contribution in [0.2, 0.25) is 0 Å². The van der Waals surface area contributed by atoms with Crippen molar-refractivity contribution in [2.24, 2.45) is 0 Å². The Morgan fingerprint density at radius 3 is 1.16 bits per heavy atom. The Morgan fingerprint density at radius 1 is 0.474 bits per heavy atom. The number of carboxylic acids is 3. The number of phenolic OH excluding ortho intramolecular Hbond substituents is 1. The van der Waals surface area contributed by atoms with Gasteiger partial charge in [-0.05, 0) is 175 Å². The summed E-state index contributed by atoms with van der Waals surface area (Å²) >= 11 is 0. The number of aldehydes is 1. The molecule has 5 aromatic heterocycles. The maximum atomic E-state index is 13.3. The number of carboxylic acid groups (broad SMARTS) is 3. The minimum atomic E-state index is -0.990. The molecule has 614 valence electrons. The normalized spacial score (nSPS) is 16.9. The standard InChI is InChI=1S/2C30H36N2O4.C17H23NO2.C15H21NO4.2BrH/c2*1-29(2)11-16-32-17-12-30(3,4)25-26(32)23(29)19-21-18-22(28(35)36-27(21)25)20-9-14-31(15-10-20)13-7-5-6-8-24(33)34;1-16(2)5-7-18-8-6-17(3,4)13-14(18)12(16)9-11(10-19)15(13)20;1-2-20-15(19)12-13-7-10-16(11-8-13)9-5-3-4-6-14(17)18;;/h2*9-10,14-15,18-19H,5-8,11-13,16-17H2,1-4H3;9-10,20H,5-8H2,1-4H3;7-8,10-11H,2-6,9,12H2,1H3;2*1H. The number of hydrogen-bond donors (Lipinski definition) is 3. The second-order valence-corrected chi connectivity index (χ2v) is 35.7. The lowest BCUT2D eigenvalue weighted by atomic mass is 9.69. The summed E-state index contributed by atoms with van der Waals surface area (Å²) in [5.41, 5.74) is 16.1. The highest BCUT2D eigenvalue weighted by molar-refractivity contribution is 5.94. The highest BCUT2D eigenvalue weighted by atomic mass is 79.9. The van der Waals surface area contributed by atoms with Gasteiger partial charge in [0, 0.05) is 169 Å². The monoisotopic (exact) mass is 1690 g/mol. The van der Waals surface area contributed by atoms with Crippen LogP contribution in [0.15, 0.2) is 122 Å². The summed E-state index contributed by atoms with van der Waals surface area (Å²) in [7, 11) is 0. The molecule has 0 unspecified atom stereocenters. The lowest BCUT2D eigenvalue weighted by Crippen LogP contribution is -3.00. The second kappa shape index (κ2) is 37.0. The number of unbranched alkanes of at least 4 members (excludes halogenated alkanes) is 6. The van der Waals surface area contributed by atoms with Gasteiger partial charge in [-0.25, -0.2) is 23.3 Å². The number of halogens is 2. The number of pyridine rings is 3. The smallest absolute Gasteiger partial charge is 0.344 e. The Morgan fingerprint density at radius 2 is 0.807 bits per heavy atom. The third-order valence-electron chi connectivity index (χ3n) is 24.6. The molecule has 0 radical (unpaired) electrons. The fourth-order valence-corrected chi connectivity index (χ4v) is 17.3. The van der Waals surface area contributed by atoms with Crippen LogP contribution in [0.5, 0.6) is 5.75 Å². The average molecular weight is 1690 g/mol. The number of esters is 1.